The molecule has 1 aliphatic rings. The molecule has 28 heavy (non-hydrogen) atoms. The third kappa shape index (κ3) is 4.11. The number of rotatable bonds is 6. The smallest absolute Gasteiger partial charge is 0.255 e. The van der Waals surface area contributed by atoms with Gasteiger partial charge in [0.05, 0.1) is 5.57 Å². The number of amides is 1. The molecule has 1 saturated heterocycles. The zero-order chi connectivity index (χ0) is 20.3. The van der Waals surface area contributed by atoms with Crippen molar-refractivity contribution in [3.63, 3.8) is 0 Å². The standard InChI is InChI=1S/C22H25ClN4O/c1-13-5-4-6-18(23)19(13)16-7-8-17(14(2)9-16)20(21(24)25-3)22(28)27-12-15-10-26-11-15/h4-9,15,26H,3,10-12,24H2,1-2H3,(H,27,28)/b21-20+. The number of carbonyl (C=O) groups is 1. The predicted octanol–water partition coefficient (Wildman–Crippen LogP) is 3.29. The number of aliphatic imine (C=N–C) groups is 1. The number of aryl methyl sites for hydroxylation is 2. The van der Waals surface area contributed by atoms with E-state index in [0.717, 1.165) is 40.9 Å². The van der Waals surface area contributed by atoms with Gasteiger partial charge in [-0.3, -0.25) is 4.79 Å². The van der Waals surface area contributed by atoms with E-state index in [4.69, 9.17) is 17.3 Å². The minimum atomic E-state index is -0.235. The molecule has 0 saturated carbocycles. The number of benzene rings is 2. The van der Waals surface area contributed by atoms with Crippen LogP contribution in [0.5, 0.6) is 0 Å². The maximum Gasteiger partial charge on any atom is 0.255 e. The van der Waals surface area contributed by atoms with Crippen molar-refractivity contribution in [2.24, 2.45) is 16.6 Å². The van der Waals surface area contributed by atoms with E-state index in [1.54, 1.807) is 0 Å². The van der Waals surface area contributed by atoms with Crippen molar-refractivity contribution in [2.45, 2.75) is 13.8 Å². The summed E-state index contributed by atoms with van der Waals surface area (Å²) >= 11 is 6.41. The van der Waals surface area contributed by atoms with E-state index in [2.05, 4.69) is 22.3 Å². The molecular weight excluding hydrogens is 372 g/mol. The third-order valence-electron chi connectivity index (χ3n) is 5.08. The summed E-state index contributed by atoms with van der Waals surface area (Å²) in [4.78, 5) is 16.6. The molecule has 1 amide bonds. The Morgan fingerprint density at radius 3 is 2.61 bits per heavy atom. The number of carbonyl (C=O) groups excluding carboxylic acids is 1. The molecule has 0 aromatic heterocycles. The van der Waals surface area contributed by atoms with Gasteiger partial charge in [-0.2, -0.15) is 0 Å². The number of nitrogens with one attached hydrogen (secondary N) is 2. The fourth-order valence-electron chi connectivity index (χ4n) is 3.37. The van der Waals surface area contributed by atoms with Crippen LogP contribution in [0.1, 0.15) is 16.7 Å². The molecule has 1 fully saturated rings. The molecule has 0 aliphatic carbocycles. The lowest BCUT2D eigenvalue weighted by Crippen LogP contribution is -2.48. The Kier molecular flexibility index (Phi) is 6.17. The van der Waals surface area contributed by atoms with Gasteiger partial charge in [-0.05, 0) is 48.9 Å². The summed E-state index contributed by atoms with van der Waals surface area (Å²) in [6.07, 6.45) is 0. The quantitative estimate of drug-likeness (QED) is 0.517. The lowest BCUT2D eigenvalue weighted by Gasteiger charge is -2.27. The van der Waals surface area contributed by atoms with Crippen LogP contribution in [0.3, 0.4) is 0 Å². The molecule has 0 radical (unpaired) electrons. The fraction of sp³-hybridized carbons (Fsp3) is 0.273. The summed E-state index contributed by atoms with van der Waals surface area (Å²) in [6.45, 7) is 9.90. The largest absolute Gasteiger partial charge is 0.383 e. The van der Waals surface area contributed by atoms with Crippen molar-refractivity contribution in [3.05, 3.63) is 63.9 Å². The van der Waals surface area contributed by atoms with Crippen LogP contribution >= 0.6 is 11.6 Å². The van der Waals surface area contributed by atoms with Crippen molar-refractivity contribution < 1.29 is 4.79 Å². The van der Waals surface area contributed by atoms with E-state index in [9.17, 15) is 4.79 Å². The lowest BCUT2D eigenvalue weighted by atomic mass is 9.93. The minimum Gasteiger partial charge on any atom is -0.383 e. The Labute approximate surface area is 170 Å². The van der Waals surface area contributed by atoms with Crippen LogP contribution < -0.4 is 16.4 Å². The lowest BCUT2D eigenvalue weighted by molar-refractivity contribution is -0.115. The van der Waals surface area contributed by atoms with Crippen LogP contribution in [0.2, 0.25) is 5.02 Å². The third-order valence-corrected chi connectivity index (χ3v) is 5.39. The fourth-order valence-corrected chi connectivity index (χ4v) is 3.70. The van der Waals surface area contributed by atoms with Crippen LogP contribution in [0.15, 0.2) is 47.2 Å². The van der Waals surface area contributed by atoms with Gasteiger partial charge < -0.3 is 16.4 Å². The van der Waals surface area contributed by atoms with E-state index >= 15 is 0 Å². The van der Waals surface area contributed by atoms with Gasteiger partial charge >= 0.3 is 0 Å². The second kappa shape index (κ2) is 8.59. The minimum absolute atomic E-state index is 0.119. The second-order valence-corrected chi connectivity index (χ2v) is 7.52. The molecule has 1 aliphatic heterocycles. The first-order chi connectivity index (χ1) is 13.4. The highest BCUT2D eigenvalue weighted by molar-refractivity contribution is 6.33. The Balaban J connectivity index is 1.95. The zero-order valence-corrected chi connectivity index (χ0v) is 16.9. The molecule has 146 valence electrons. The first-order valence-corrected chi connectivity index (χ1v) is 9.62. The summed E-state index contributed by atoms with van der Waals surface area (Å²) in [5.74, 6) is 0.338. The van der Waals surface area contributed by atoms with E-state index in [1.807, 2.05) is 50.2 Å². The van der Waals surface area contributed by atoms with Gasteiger partial charge in [0, 0.05) is 36.1 Å². The number of hydrogen-bond donors (Lipinski definition) is 3. The Hall–Kier alpha value is -2.63. The van der Waals surface area contributed by atoms with Gasteiger partial charge in [-0.15, -0.1) is 0 Å². The Morgan fingerprint density at radius 1 is 1.29 bits per heavy atom. The number of nitrogens with two attached hydrogens (primary N) is 1. The maximum atomic E-state index is 12.8. The SMILES string of the molecule is C=N/C(N)=C(/C(=O)NCC1CNC1)c1ccc(-c2c(C)cccc2Cl)cc1C. The predicted molar refractivity (Wildman–Crippen MR) is 116 cm³/mol. The number of halogens is 1. The maximum absolute atomic E-state index is 12.8. The summed E-state index contributed by atoms with van der Waals surface area (Å²) < 4.78 is 0. The molecule has 6 heteroatoms. The van der Waals surface area contributed by atoms with Crippen molar-refractivity contribution in [1.29, 1.82) is 0 Å². The highest BCUT2D eigenvalue weighted by atomic mass is 35.5. The normalized spacial score (nSPS) is 14.8. The molecule has 4 N–H and O–H groups in total. The first-order valence-electron chi connectivity index (χ1n) is 9.24. The van der Waals surface area contributed by atoms with Gasteiger partial charge in [-0.1, -0.05) is 41.9 Å². The second-order valence-electron chi connectivity index (χ2n) is 7.11. The average Bonchev–Trinajstić information content (AvgIpc) is 2.62. The molecule has 0 atom stereocenters. The Morgan fingerprint density at radius 2 is 2.04 bits per heavy atom. The van der Waals surface area contributed by atoms with Crippen molar-refractivity contribution in [1.82, 2.24) is 10.6 Å². The first kappa shape index (κ1) is 20.1. The average molecular weight is 397 g/mol. The van der Waals surface area contributed by atoms with Gasteiger partial charge in [0.25, 0.3) is 5.91 Å². The van der Waals surface area contributed by atoms with Crippen LogP contribution in [0, 0.1) is 19.8 Å². The highest BCUT2D eigenvalue weighted by Crippen LogP contribution is 2.33. The van der Waals surface area contributed by atoms with Gasteiger partial charge in [-0.25, -0.2) is 4.99 Å². The van der Waals surface area contributed by atoms with Crippen LogP contribution in [-0.2, 0) is 4.79 Å². The summed E-state index contributed by atoms with van der Waals surface area (Å²) in [5.41, 5.74) is 11.1. The molecule has 1 heterocycles. The van der Waals surface area contributed by atoms with Crippen molar-refractivity contribution in [2.75, 3.05) is 19.6 Å². The zero-order valence-electron chi connectivity index (χ0n) is 16.2. The van der Waals surface area contributed by atoms with E-state index in [-0.39, 0.29) is 11.7 Å². The molecular formula is C22H25ClN4O. The summed E-state index contributed by atoms with van der Waals surface area (Å²) in [5, 5.41) is 6.85. The van der Waals surface area contributed by atoms with Crippen LogP contribution in [0.4, 0.5) is 0 Å². The van der Waals surface area contributed by atoms with E-state index in [1.165, 1.54) is 0 Å². The van der Waals surface area contributed by atoms with E-state index < -0.39 is 0 Å². The van der Waals surface area contributed by atoms with E-state index in [0.29, 0.717) is 23.1 Å². The van der Waals surface area contributed by atoms with Crippen molar-refractivity contribution in [3.8, 4) is 11.1 Å². The molecule has 0 unspecified atom stereocenters. The molecule has 5 nitrogen and oxygen atoms in total. The highest BCUT2D eigenvalue weighted by Gasteiger charge is 2.22. The molecule has 0 spiro atoms. The molecule has 2 aromatic carbocycles. The molecule has 3 rings (SSSR count). The number of hydrogen-bond acceptors (Lipinski definition) is 4. The topological polar surface area (TPSA) is 79.5 Å². The van der Waals surface area contributed by atoms with Crippen molar-refractivity contribution >= 4 is 29.8 Å². The van der Waals surface area contributed by atoms with Crippen LogP contribution in [0.25, 0.3) is 16.7 Å². The molecule has 2 aromatic rings. The molecule has 0 bridgehead atoms. The Bertz CT molecular complexity index is 927. The summed E-state index contributed by atoms with van der Waals surface area (Å²) in [7, 11) is 0. The van der Waals surface area contributed by atoms with Gasteiger partial charge in [0.1, 0.15) is 5.82 Å². The monoisotopic (exact) mass is 396 g/mol. The van der Waals surface area contributed by atoms with Gasteiger partial charge in [0.2, 0.25) is 0 Å². The van der Waals surface area contributed by atoms with Crippen LogP contribution in [-0.4, -0.2) is 32.3 Å². The summed E-state index contributed by atoms with van der Waals surface area (Å²) in [6, 6.07) is 11.7. The van der Waals surface area contributed by atoms with Gasteiger partial charge in [0.15, 0.2) is 0 Å². The number of nitrogens with zero attached hydrogens (tertiary/aromatic N) is 1.